The van der Waals surface area contributed by atoms with Crippen molar-refractivity contribution in [3.05, 3.63) is 101 Å². The number of benzene rings is 3. The maximum atomic E-state index is 13.6. The first-order valence-corrected chi connectivity index (χ1v) is 13.9. The van der Waals surface area contributed by atoms with Crippen LogP contribution in [0.2, 0.25) is 0 Å². The summed E-state index contributed by atoms with van der Waals surface area (Å²) in [7, 11) is 0. The highest BCUT2D eigenvalue weighted by atomic mass is 32.1. The Morgan fingerprint density at radius 1 is 0.878 bits per heavy atom. The van der Waals surface area contributed by atoms with Gasteiger partial charge in [-0.05, 0) is 47.7 Å². The molecule has 0 radical (unpaired) electrons. The molecule has 1 aromatic heterocycles. The van der Waals surface area contributed by atoms with Crippen LogP contribution < -0.4 is 5.32 Å². The fourth-order valence-corrected chi connectivity index (χ4v) is 5.02. The average molecular weight is 581 g/mol. The van der Waals surface area contributed by atoms with E-state index in [2.05, 4.69) is 36.3 Å². The number of hydrogen-bond donors (Lipinski definition) is 1. The molecule has 0 aliphatic rings. The molecule has 0 aliphatic heterocycles. The summed E-state index contributed by atoms with van der Waals surface area (Å²) in [5.41, 5.74) is 2.25. The topological polar surface area (TPSA) is 75.2 Å². The van der Waals surface area contributed by atoms with E-state index in [1.807, 2.05) is 61.5 Å². The minimum Gasteiger partial charge on any atom is -0.331 e. The van der Waals surface area contributed by atoms with E-state index in [4.69, 9.17) is 0 Å². The Hall–Kier alpha value is -4.05. The van der Waals surface area contributed by atoms with Gasteiger partial charge < -0.3 is 10.2 Å². The first-order chi connectivity index (χ1) is 19.3. The molecule has 0 unspecified atom stereocenters. The minimum absolute atomic E-state index is 0.0121. The Kier molecular flexibility index (Phi) is 8.92. The van der Waals surface area contributed by atoms with E-state index in [-0.39, 0.29) is 41.4 Å². The van der Waals surface area contributed by atoms with E-state index in [0.717, 1.165) is 34.6 Å². The van der Waals surface area contributed by atoms with E-state index in [9.17, 15) is 22.8 Å². The van der Waals surface area contributed by atoms with Gasteiger partial charge in [0.1, 0.15) is 5.01 Å². The predicted molar refractivity (Wildman–Crippen MR) is 155 cm³/mol. The fraction of sp³-hybridized carbons (Fsp3) is 0.290. The number of alkyl halides is 3. The lowest BCUT2D eigenvalue weighted by molar-refractivity contribution is -0.137. The van der Waals surface area contributed by atoms with Gasteiger partial charge in [-0.2, -0.15) is 13.2 Å². The molecule has 4 rings (SSSR count). The number of hydrogen-bond acceptors (Lipinski definition) is 5. The molecule has 0 aliphatic carbocycles. The second-order valence-electron chi connectivity index (χ2n) is 10.7. The van der Waals surface area contributed by atoms with Gasteiger partial charge in [0.2, 0.25) is 11.0 Å². The smallest absolute Gasteiger partial charge is 0.331 e. The van der Waals surface area contributed by atoms with Crippen molar-refractivity contribution < 1.29 is 22.8 Å². The first-order valence-electron chi connectivity index (χ1n) is 13.1. The minimum atomic E-state index is -4.43. The number of aromatic nitrogens is 2. The number of nitrogens with one attached hydrogen (secondary N) is 1. The lowest BCUT2D eigenvalue weighted by Crippen LogP contribution is -2.36. The third kappa shape index (κ3) is 7.58. The highest BCUT2D eigenvalue weighted by Gasteiger charge is 2.30. The molecule has 0 saturated heterocycles. The molecule has 0 fully saturated rings. The SMILES string of the molecule is C[C@H](c1ccccc1)N(CCC(=O)Nc1nnc(-c2ccc(C(F)(F)F)cc2)s1)C(=O)c1ccc(C(C)(C)C)cc1. The summed E-state index contributed by atoms with van der Waals surface area (Å²) >= 11 is 1.06. The van der Waals surface area contributed by atoms with Crippen LogP contribution in [0, 0.1) is 0 Å². The van der Waals surface area contributed by atoms with Crippen LogP contribution in [0.3, 0.4) is 0 Å². The molecule has 1 heterocycles. The fourth-order valence-electron chi connectivity index (χ4n) is 4.26. The van der Waals surface area contributed by atoms with Gasteiger partial charge >= 0.3 is 6.18 Å². The summed E-state index contributed by atoms with van der Waals surface area (Å²) in [5.74, 6) is -0.545. The molecule has 1 N–H and O–H groups in total. The number of carbonyl (C=O) groups excluding carboxylic acids is 2. The summed E-state index contributed by atoms with van der Waals surface area (Å²) in [6, 6.07) is 21.4. The molecule has 1 atom stereocenters. The molecule has 6 nitrogen and oxygen atoms in total. The number of rotatable bonds is 8. The second kappa shape index (κ2) is 12.2. The molecular weight excluding hydrogens is 549 g/mol. The summed E-state index contributed by atoms with van der Waals surface area (Å²) < 4.78 is 38.6. The Morgan fingerprint density at radius 3 is 2.07 bits per heavy atom. The molecule has 3 aromatic carbocycles. The largest absolute Gasteiger partial charge is 0.416 e. The van der Waals surface area contributed by atoms with Gasteiger partial charge in [-0.25, -0.2) is 0 Å². The Morgan fingerprint density at radius 2 is 1.49 bits per heavy atom. The standard InChI is InChI=1S/C31H31F3N4O2S/c1-20(21-8-6-5-7-9-21)38(28(40)23-12-14-24(15-13-23)30(2,3)4)19-18-26(39)35-29-37-36-27(41-29)22-10-16-25(17-11-22)31(32,33)34/h5-17,20H,18-19H2,1-4H3,(H,35,37,39)/t20-/m1/s1. The van der Waals surface area contributed by atoms with Gasteiger partial charge in [0, 0.05) is 24.1 Å². The van der Waals surface area contributed by atoms with Crippen LogP contribution in [-0.4, -0.2) is 33.5 Å². The van der Waals surface area contributed by atoms with Gasteiger partial charge in [0.25, 0.3) is 5.91 Å². The summed E-state index contributed by atoms with van der Waals surface area (Å²) in [5, 5.41) is 11.2. The van der Waals surface area contributed by atoms with E-state index in [1.165, 1.54) is 12.1 Å². The maximum Gasteiger partial charge on any atom is 0.416 e. The normalized spacial score (nSPS) is 12.6. The highest BCUT2D eigenvalue weighted by Crippen LogP contribution is 2.32. The summed E-state index contributed by atoms with van der Waals surface area (Å²) in [6.07, 6.45) is -4.42. The van der Waals surface area contributed by atoms with Crippen molar-refractivity contribution in [1.82, 2.24) is 15.1 Å². The van der Waals surface area contributed by atoms with Gasteiger partial charge in [-0.1, -0.05) is 86.7 Å². The molecule has 4 aromatic rings. The number of amides is 2. The second-order valence-corrected chi connectivity index (χ2v) is 11.7. The number of carbonyl (C=O) groups is 2. The third-order valence-electron chi connectivity index (χ3n) is 6.72. The van der Waals surface area contributed by atoms with Gasteiger partial charge in [0.15, 0.2) is 0 Å². The average Bonchev–Trinajstić information content (AvgIpc) is 3.41. The molecule has 0 bridgehead atoms. The van der Waals surface area contributed by atoms with Crippen molar-refractivity contribution in [1.29, 1.82) is 0 Å². The third-order valence-corrected chi connectivity index (χ3v) is 7.61. The van der Waals surface area contributed by atoms with E-state index < -0.39 is 11.7 Å². The lowest BCUT2D eigenvalue weighted by atomic mass is 9.86. The van der Waals surface area contributed by atoms with Crippen LogP contribution in [-0.2, 0) is 16.4 Å². The van der Waals surface area contributed by atoms with Crippen LogP contribution in [0.1, 0.15) is 67.2 Å². The molecular formula is C31H31F3N4O2S. The van der Waals surface area contributed by atoms with Crippen LogP contribution in [0.25, 0.3) is 10.6 Å². The monoisotopic (exact) mass is 580 g/mol. The van der Waals surface area contributed by atoms with E-state index in [1.54, 1.807) is 4.90 Å². The molecule has 0 spiro atoms. The number of nitrogens with zero attached hydrogens (tertiary/aromatic N) is 3. The molecule has 41 heavy (non-hydrogen) atoms. The van der Waals surface area contributed by atoms with Crippen LogP contribution in [0.5, 0.6) is 0 Å². The van der Waals surface area contributed by atoms with Crippen molar-refractivity contribution in [2.75, 3.05) is 11.9 Å². The quantitative estimate of drug-likeness (QED) is 0.231. The summed E-state index contributed by atoms with van der Waals surface area (Å²) in [6.45, 7) is 8.41. The first kappa shape index (κ1) is 29.9. The van der Waals surface area contributed by atoms with Crippen molar-refractivity contribution in [3.63, 3.8) is 0 Å². The van der Waals surface area contributed by atoms with Crippen molar-refractivity contribution in [2.24, 2.45) is 0 Å². The van der Waals surface area contributed by atoms with Crippen molar-refractivity contribution in [2.45, 2.75) is 51.7 Å². The lowest BCUT2D eigenvalue weighted by Gasteiger charge is -2.30. The summed E-state index contributed by atoms with van der Waals surface area (Å²) in [4.78, 5) is 28.2. The van der Waals surface area contributed by atoms with Crippen molar-refractivity contribution in [3.8, 4) is 10.6 Å². The molecule has 2 amide bonds. The molecule has 214 valence electrons. The van der Waals surface area contributed by atoms with Crippen LogP contribution >= 0.6 is 11.3 Å². The van der Waals surface area contributed by atoms with Gasteiger partial charge in [-0.3, -0.25) is 9.59 Å². The number of anilines is 1. The van der Waals surface area contributed by atoms with E-state index in [0.29, 0.717) is 16.1 Å². The number of halogens is 3. The predicted octanol–water partition coefficient (Wildman–Crippen LogP) is 7.75. The molecule has 10 heteroatoms. The Bertz CT molecular complexity index is 1480. The molecule has 0 saturated carbocycles. The van der Waals surface area contributed by atoms with Crippen LogP contribution in [0.4, 0.5) is 18.3 Å². The van der Waals surface area contributed by atoms with Gasteiger partial charge in [0.05, 0.1) is 11.6 Å². The maximum absolute atomic E-state index is 13.6. The van der Waals surface area contributed by atoms with Gasteiger partial charge in [-0.15, -0.1) is 10.2 Å². The highest BCUT2D eigenvalue weighted by molar-refractivity contribution is 7.18. The van der Waals surface area contributed by atoms with Crippen molar-refractivity contribution >= 4 is 28.3 Å². The zero-order valence-electron chi connectivity index (χ0n) is 23.2. The zero-order valence-corrected chi connectivity index (χ0v) is 24.0. The Labute approximate surface area is 241 Å². The van der Waals surface area contributed by atoms with Crippen LogP contribution in [0.15, 0.2) is 78.9 Å². The van der Waals surface area contributed by atoms with E-state index >= 15 is 0 Å². The Balaban J connectivity index is 1.45. The zero-order chi connectivity index (χ0) is 29.8.